The molecule has 88 valence electrons. The minimum absolute atomic E-state index is 0.0215. The summed E-state index contributed by atoms with van der Waals surface area (Å²) in [7, 11) is 0. The number of ketones is 1. The molecule has 0 aliphatic carbocycles. The molecule has 0 atom stereocenters. The van der Waals surface area contributed by atoms with Crippen LogP contribution in [0.4, 0.5) is 0 Å². The van der Waals surface area contributed by atoms with Gasteiger partial charge < -0.3 is 0 Å². The van der Waals surface area contributed by atoms with Crippen LogP contribution in [-0.2, 0) is 6.54 Å². The van der Waals surface area contributed by atoms with Crippen molar-refractivity contribution in [3.63, 3.8) is 0 Å². The van der Waals surface area contributed by atoms with Crippen LogP contribution < -0.4 is 4.57 Å². The smallest absolute Gasteiger partial charge is 0.227 e. The molecule has 0 unspecified atom stereocenters. The van der Waals surface area contributed by atoms with E-state index in [1.807, 2.05) is 6.07 Å². The van der Waals surface area contributed by atoms with E-state index in [9.17, 15) is 4.79 Å². The summed E-state index contributed by atoms with van der Waals surface area (Å²) in [6.45, 7) is 0.229. The van der Waals surface area contributed by atoms with Crippen LogP contribution in [0, 0.1) is 11.3 Å². The summed E-state index contributed by atoms with van der Waals surface area (Å²) < 4.78 is 1.73. The normalized spacial score (nSPS) is 9.78. The molecule has 0 aliphatic heterocycles. The topological polar surface area (TPSA) is 44.7 Å². The molecule has 0 saturated carbocycles. The third-order valence-electron chi connectivity index (χ3n) is 2.48. The lowest BCUT2D eigenvalue weighted by atomic mass is 10.1. The zero-order valence-corrected chi connectivity index (χ0v) is 10.3. The second-order valence-electron chi connectivity index (χ2n) is 3.81. The molecule has 0 N–H and O–H groups in total. The summed E-state index contributed by atoms with van der Waals surface area (Å²) in [5.41, 5.74) is 1.13. The van der Waals surface area contributed by atoms with Gasteiger partial charge in [-0.15, -0.1) is 0 Å². The number of nitriles is 1. The maximum absolute atomic E-state index is 12.0. The summed E-state index contributed by atoms with van der Waals surface area (Å²) in [5.74, 6) is -0.0215. The van der Waals surface area contributed by atoms with Crippen molar-refractivity contribution in [3.8, 4) is 6.07 Å². The number of halogens is 1. The summed E-state index contributed by atoms with van der Waals surface area (Å²) in [4.78, 5) is 12.0. The van der Waals surface area contributed by atoms with Crippen molar-refractivity contribution in [2.45, 2.75) is 6.54 Å². The quantitative estimate of drug-likeness (QED) is 0.626. The van der Waals surface area contributed by atoms with Crippen molar-refractivity contribution in [2.75, 3.05) is 0 Å². The van der Waals surface area contributed by atoms with E-state index < -0.39 is 0 Å². The monoisotopic (exact) mass is 257 g/mol. The lowest BCUT2D eigenvalue weighted by Crippen LogP contribution is -2.37. The molecule has 0 saturated heterocycles. The molecular weight excluding hydrogens is 248 g/mol. The molecule has 0 radical (unpaired) electrons. The number of rotatable bonds is 3. The van der Waals surface area contributed by atoms with E-state index in [2.05, 4.69) is 0 Å². The van der Waals surface area contributed by atoms with Gasteiger partial charge in [-0.05, 0) is 30.3 Å². The molecule has 18 heavy (non-hydrogen) atoms. The zero-order chi connectivity index (χ0) is 13.0. The molecule has 0 aliphatic rings. The Balaban J connectivity index is 2.14. The Hall–Kier alpha value is -2.18. The molecule has 1 aromatic carbocycles. The minimum Gasteiger partial charge on any atom is -0.287 e. The number of carbonyl (C=O) groups excluding carboxylic acids is 1. The average molecular weight is 258 g/mol. The summed E-state index contributed by atoms with van der Waals surface area (Å²) in [5, 5.41) is 9.27. The van der Waals surface area contributed by atoms with Crippen LogP contribution in [0.15, 0.2) is 48.8 Å². The fourth-order valence-corrected chi connectivity index (χ4v) is 1.77. The number of carbonyl (C=O) groups is 1. The first-order valence-corrected chi connectivity index (χ1v) is 5.75. The maximum Gasteiger partial charge on any atom is 0.227 e. The fourth-order valence-electron chi connectivity index (χ4n) is 1.58. The molecule has 0 fully saturated rings. The van der Waals surface area contributed by atoms with Gasteiger partial charge in [-0.1, -0.05) is 11.6 Å². The summed E-state index contributed by atoms with van der Waals surface area (Å²) in [6, 6.07) is 12.1. The van der Waals surface area contributed by atoms with Gasteiger partial charge in [0.1, 0.15) is 5.02 Å². The van der Waals surface area contributed by atoms with E-state index in [4.69, 9.17) is 16.9 Å². The second-order valence-corrected chi connectivity index (χ2v) is 4.24. The van der Waals surface area contributed by atoms with Crippen LogP contribution in [0.3, 0.4) is 0 Å². The number of pyridine rings is 1. The standard InChI is InChI=1S/C14H10ClN2O/c15-13-2-1-7-17(9-13)10-14(18)12-5-3-11(8-16)4-6-12/h1-7,9H,10H2/q+1. The van der Waals surface area contributed by atoms with Gasteiger partial charge in [-0.2, -0.15) is 9.83 Å². The third-order valence-corrected chi connectivity index (χ3v) is 2.71. The lowest BCUT2D eigenvalue weighted by Gasteiger charge is -1.98. The van der Waals surface area contributed by atoms with Crippen LogP contribution in [0.25, 0.3) is 0 Å². The van der Waals surface area contributed by atoms with Gasteiger partial charge >= 0.3 is 0 Å². The number of nitrogens with zero attached hydrogens (tertiary/aromatic N) is 2. The van der Waals surface area contributed by atoms with E-state index in [0.29, 0.717) is 16.1 Å². The SMILES string of the molecule is N#Cc1ccc(C(=O)C[n+]2cccc(Cl)c2)cc1. The van der Waals surface area contributed by atoms with Gasteiger partial charge in [0.2, 0.25) is 12.3 Å². The molecule has 0 amide bonds. The van der Waals surface area contributed by atoms with E-state index in [0.717, 1.165) is 0 Å². The van der Waals surface area contributed by atoms with E-state index in [1.54, 1.807) is 53.4 Å². The van der Waals surface area contributed by atoms with Crippen molar-refractivity contribution >= 4 is 17.4 Å². The molecule has 3 nitrogen and oxygen atoms in total. The van der Waals surface area contributed by atoms with Crippen molar-refractivity contribution in [3.05, 3.63) is 64.9 Å². The molecule has 0 bridgehead atoms. The zero-order valence-electron chi connectivity index (χ0n) is 9.51. The van der Waals surface area contributed by atoms with Crippen LogP contribution >= 0.6 is 11.6 Å². The van der Waals surface area contributed by atoms with E-state index in [1.165, 1.54) is 0 Å². The van der Waals surface area contributed by atoms with Gasteiger partial charge in [0.25, 0.3) is 0 Å². The Morgan fingerprint density at radius 1 is 1.28 bits per heavy atom. The molecule has 2 aromatic rings. The number of hydrogen-bond donors (Lipinski definition) is 0. The largest absolute Gasteiger partial charge is 0.287 e. The highest BCUT2D eigenvalue weighted by atomic mass is 35.5. The molecule has 0 spiro atoms. The summed E-state index contributed by atoms with van der Waals surface area (Å²) in [6.07, 6.45) is 3.48. The fraction of sp³-hybridized carbons (Fsp3) is 0.0714. The Labute approximate surface area is 110 Å². The van der Waals surface area contributed by atoms with Crippen molar-refractivity contribution < 1.29 is 9.36 Å². The van der Waals surface area contributed by atoms with Crippen LogP contribution in [-0.4, -0.2) is 5.78 Å². The molecular formula is C14H10ClN2O+. The first kappa shape index (κ1) is 12.3. The van der Waals surface area contributed by atoms with Crippen molar-refractivity contribution in [1.82, 2.24) is 0 Å². The number of aromatic nitrogens is 1. The maximum atomic E-state index is 12.0. The molecule has 4 heteroatoms. The number of hydrogen-bond acceptors (Lipinski definition) is 2. The Morgan fingerprint density at radius 2 is 2.00 bits per heavy atom. The summed E-state index contributed by atoms with van der Waals surface area (Å²) >= 11 is 5.85. The third kappa shape index (κ3) is 2.93. The molecule has 2 rings (SSSR count). The van der Waals surface area contributed by atoms with E-state index >= 15 is 0 Å². The average Bonchev–Trinajstić information content (AvgIpc) is 2.39. The number of benzene rings is 1. The van der Waals surface area contributed by atoms with Crippen molar-refractivity contribution in [1.29, 1.82) is 5.26 Å². The van der Waals surface area contributed by atoms with Gasteiger partial charge in [0.15, 0.2) is 12.4 Å². The Morgan fingerprint density at radius 3 is 2.61 bits per heavy atom. The first-order chi connectivity index (χ1) is 8.69. The second kappa shape index (κ2) is 5.44. The van der Waals surface area contributed by atoms with Gasteiger partial charge in [0, 0.05) is 11.6 Å². The molecule has 1 aromatic heterocycles. The predicted octanol–water partition coefficient (Wildman–Crippen LogP) is 2.38. The van der Waals surface area contributed by atoms with Crippen LogP contribution in [0.2, 0.25) is 5.02 Å². The minimum atomic E-state index is -0.0215. The Kier molecular flexibility index (Phi) is 3.71. The Bertz CT molecular complexity index is 614. The van der Waals surface area contributed by atoms with Gasteiger partial charge in [-0.3, -0.25) is 4.79 Å². The highest BCUT2D eigenvalue weighted by molar-refractivity contribution is 6.30. The van der Waals surface area contributed by atoms with Crippen LogP contribution in [0.1, 0.15) is 15.9 Å². The first-order valence-electron chi connectivity index (χ1n) is 5.37. The van der Waals surface area contributed by atoms with Gasteiger partial charge in [-0.25, -0.2) is 0 Å². The highest BCUT2D eigenvalue weighted by Crippen LogP contribution is 2.05. The highest BCUT2D eigenvalue weighted by Gasteiger charge is 2.12. The van der Waals surface area contributed by atoms with Crippen LogP contribution in [0.5, 0.6) is 0 Å². The molecule has 1 heterocycles. The number of Topliss-reactive ketones (excluding diaryl/α,β-unsaturated/α-hetero) is 1. The lowest BCUT2D eigenvalue weighted by molar-refractivity contribution is -0.683. The van der Waals surface area contributed by atoms with Gasteiger partial charge in [0.05, 0.1) is 11.6 Å². The van der Waals surface area contributed by atoms with E-state index in [-0.39, 0.29) is 12.3 Å². The van der Waals surface area contributed by atoms with Crippen molar-refractivity contribution in [2.24, 2.45) is 0 Å². The predicted molar refractivity (Wildman–Crippen MR) is 67.1 cm³/mol.